The zero-order chi connectivity index (χ0) is 34.6. The predicted molar refractivity (Wildman–Crippen MR) is 181 cm³/mol. The number of hydrogen-bond acceptors (Lipinski definition) is 13. The Morgan fingerprint density at radius 3 is 2.76 bits per heavy atom. The molecule has 3 aromatic rings. The predicted octanol–water partition coefficient (Wildman–Crippen LogP) is 5.16. The topological polar surface area (TPSA) is 171 Å². The number of nitrogens with zero attached hydrogens (tertiary/aromatic N) is 7. The van der Waals surface area contributed by atoms with E-state index in [0.29, 0.717) is 44.1 Å². The summed E-state index contributed by atoms with van der Waals surface area (Å²) in [6.45, 7) is 10.3. The summed E-state index contributed by atoms with van der Waals surface area (Å²) in [5.41, 5.74) is 3.77. The average Bonchev–Trinajstić information content (AvgIpc) is 3.59. The van der Waals surface area contributed by atoms with Gasteiger partial charge in [-0.15, -0.1) is 15.0 Å². The maximum absolute atomic E-state index is 11.5. The fourth-order valence-corrected chi connectivity index (χ4v) is 6.40. The summed E-state index contributed by atoms with van der Waals surface area (Å²) >= 11 is 0. The molecule has 3 aromatic heterocycles. The van der Waals surface area contributed by atoms with Gasteiger partial charge < -0.3 is 29.6 Å². The molecule has 0 bridgehead atoms. The first kappa shape index (κ1) is 36.1. The third-order valence-electron chi connectivity index (χ3n) is 9.27. The number of nitrogens with one attached hydrogen (secondary N) is 2. The van der Waals surface area contributed by atoms with Crippen LogP contribution in [0.3, 0.4) is 0 Å². The maximum atomic E-state index is 11.5. The number of carbonyl (C=O) groups is 1. The first-order chi connectivity index (χ1) is 23.8. The lowest BCUT2D eigenvalue weighted by Crippen LogP contribution is -2.41. The van der Waals surface area contributed by atoms with Crippen LogP contribution in [0.15, 0.2) is 30.5 Å². The molecule has 0 amide bonds. The zero-order valence-corrected chi connectivity index (χ0v) is 29.1. The van der Waals surface area contributed by atoms with Crippen molar-refractivity contribution >= 4 is 12.0 Å². The van der Waals surface area contributed by atoms with Crippen molar-refractivity contribution in [2.45, 2.75) is 97.6 Å². The van der Waals surface area contributed by atoms with Crippen LogP contribution in [-0.4, -0.2) is 81.4 Å². The van der Waals surface area contributed by atoms with E-state index in [0.717, 1.165) is 73.3 Å². The number of nitriles is 1. The zero-order valence-electron chi connectivity index (χ0n) is 29.1. The number of hydrogen-bond donors (Lipinski definition) is 2. The van der Waals surface area contributed by atoms with Crippen LogP contribution in [0, 0.1) is 29.6 Å². The van der Waals surface area contributed by atoms with Crippen LogP contribution in [0.4, 0.5) is 10.6 Å². The molecule has 0 spiro atoms. The normalized spacial score (nSPS) is 20.1. The molecular formula is C35H49N9O5. The summed E-state index contributed by atoms with van der Waals surface area (Å²) in [7, 11) is 0. The highest BCUT2D eigenvalue weighted by molar-refractivity contribution is 5.65. The number of pyridine rings is 2. The number of aryl methyl sites for hydroxylation is 1. The van der Waals surface area contributed by atoms with Gasteiger partial charge in [-0.05, 0) is 108 Å². The largest absolute Gasteiger partial charge is 0.510 e. The van der Waals surface area contributed by atoms with Crippen molar-refractivity contribution in [1.29, 1.82) is 5.26 Å². The highest BCUT2D eigenvalue weighted by atomic mass is 16.7. The molecule has 1 aliphatic carbocycles. The van der Waals surface area contributed by atoms with Gasteiger partial charge in [0.15, 0.2) is 0 Å². The van der Waals surface area contributed by atoms with E-state index in [9.17, 15) is 10.1 Å². The van der Waals surface area contributed by atoms with E-state index >= 15 is 0 Å². The first-order valence-electron chi connectivity index (χ1n) is 17.4. The Labute approximate surface area is 288 Å². The molecule has 0 radical (unpaired) electrons. The minimum Gasteiger partial charge on any atom is -0.435 e. The van der Waals surface area contributed by atoms with Crippen LogP contribution in [0.25, 0.3) is 11.3 Å². The van der Waals surface area contributed by atoms with Gasteiger partial charge in [-0.25, -0.2) is 9.78 Å². The van der Waals surface area contributed by atoms with Crippen LogP contribution in [0.2, 0.25) is 0 Å². The molecule has 2 fully saturated rings. The lowest BCUT2D eigenvalue weighted by atomic mass is 9.82. The molecule has 14 nitrogen and oxygen atoms in total. The fourth-order valence-electron chi connectivity index (χ4n) is 6.40. The monoisotopic (exact) mass is 675 g/mol. The molecule has 2 aliphatic rings. The molecule has 264 valence electrons. The minimum absolute atomic E-state index is 0.170. The second kappa shape index (κ2) is 17.5. The van der Waals surface area contributed by atoms with E-state index in [1.165, 1.54) is 4.80 Å². The van der Waals surface area contributed by atoms with Crippen molar-refractivity contribution < 1.29 is 23.7 Å². The number of ether oxygens (including phenoxy) is 4. The Kier molecular flexibility index (Phi) is 12.9. The standard InChI is InChI=1S/C35H49N9O5/c1-5-48-34(45)49-26(4)44-42-33(41-43-44)21-47-20-25(3)39-28-11-9-27(10-12-28)17-29-18-30(24(2)19-37-29)31-7-6-8-32(40-31)38-23-35(22-36)13-15-46-16-14-35/h6-8,18-19,25-28,39H,5,9-17,20-21,23H2,1-4H3,(H,38,40)/t25-,26-,27?,28?/m1/s1. The highest BCUT2D eigenvalue weighted by Gasteiger charge is 2.32. The molecule has 2 atom stereocenters. The van der Waals surface area contributed by atoms with Gasteiger partial charge in [0.05, 0.1) is 30.4 Å². The Bertz CT molecular complexity index is 1550. The molecule has 2 N–H and O–H groups in total. The fraction of sp³-hybridized carbons (Fsp3) is 0.629. The van der Waals surface area contributed by atoms with E-state index in [1.807, 2.05) is 24.4 Å². The van der Waals surface area contributed by atoms with E-state index < -0.39 is 17.8 Å². The minimum atomic E-state index is -0.776. The van der Waals surface area contributed by atoms with Gasteiger partial charge in [-0.1, -0.05) is 6.07 Å². The van der Waals surface area contributed by atoms with Crippen molar-refractivity contribution in [2.24, 2.45) is 11.3 Å². The summed E-state index contributed by atoms with van der Waals surface area (Å²) in [6, 6.07) is 11.3. The van der Waals surface area contributed by atoms with Crippen LogP contribution in [0.5, 0.6) is 0 Å². The molecule has 0 aromatic carbocycles. The molecule has 5 rings (SSSR count). The molecule has 14 heteroatoms. The van der Waals surface area contributed by atoms with Crippen LogP contribution in [-0.2, 0) is 32.0 Å². The number of carbonyl (C=O) groups excluding carboxylic acids is 1. The average molecular weight is 676 g/mol. The van der Waals surface area contributed by atoms with E-state index in [1.54, 1.807) is 13.8 Å². The molecule has 0 unspecified atom stereocenters. The summed E-state index contributed by atoms with van der Waals surface area (Å²) < 4.78 is 21.2. The van der Waals surface area contributed by atoms with Crippen LogP contribution < -0.4 is 10.6 Å². The van der Waals surface area contributed by atoms with Crippen molar-refractivity contribution in [1.82, 2.24) is 35.5 Å². The SMILES string of the molecule is CCOC(=O)O[C@H](C)n1nnc(COC[C@@H](C)NC2CCC(Cc3cc(-c4cccc(NCC5(C#N)CCOCC5)n4)c(C)cn3)CC2)n1. The number of anilines is 1. The molecule has 1 saturated heterocycles. The summed E-state index contributed by atoms with van der Waals surface area (Å²) in [6.07, 6.45) is 7.35. The Balaban J connectivity index is 1.04. The third kappa shape index (κ3) is 10.4. The molecule has 1 aliphatic heterocycles. The smallest absolute Gasteiger partial charge is 0.435 e. The second-order valence-corrected chi connectivity index (χ2v) is 13.2. The molecule has 4 heterocycles. The molecular weight excluding hydrogens is 626 g/mol. The summed E-state index contributed by atoms with van der Waals surface area (Å²) in [5, 5.41) is 29.1. The van der Waals surface area contributed by atoms with Crippen molar-refractivity contribution in [3.8, 4) is 17.3 Å². The van der Waals surface area contributed by atoms with E-state index in [-0.39, 0.29) is 19.3 Å². The van der Waals surface area contributed by atoms with Crippen LogP contribution >= 0.6 is 0 Å². The quantitative estimate of drug-likeness (QED) is 0.203. The van der Waals surface area contributed by atoms with Crippen LogP contribution in [0.1, 0.15) is 82.6 Å². The highest BCUT2D eigenvalue weighted by Crippen LogP contribution is 2.31. The van der Waals surface area contributed by atoms with Gasteiger partial charge in [0.25, 0.3) is 0 Å². The summed E-state index contributed by atoms with van der Waals surface area (Å²) in [4.78, 5) is 22.4. The van der Waals surface area contributed by atoms with Gasteiger partial charge in [0.1, 0.15) is 12.4 Å². The van der Waals surface area contributed by atoms with Gasteiger partial charge in [-0.2, -0.15) is 5.26 Å². The Hall–Kier alpha value is -4.19. The third-order valence-corrected chi connectivity index (χ3v) is 9.27. The second-order valence-electron chi connectivity index (χ2n) is 13.2. The van der Waals surface area contributed by atoms with Crippen molar-refractivity contribution in [3.63, 3.8) is 0 Å². The lowest BCUT2D eigenvalue weighted by molar-refractivity contribution is -0.00552. The first-order valence-corrected chi connectivity index (χ1v) is 17.4. The van der Waals surface area contributed by atoms with Crippen molar-refractivity contribution in [2.75, 3.05) is 38.3 Å². The van der Waals surface area contributed by atoms with Gasteiger partial charge >= 0.3 is 6.16 Å². The molecule has 49 heavy (non-hydrogen) atoms. The molecule has 1 saturated carbocycles. The van der Waals surface area contributed by atoms with Gasteiger partial charge in [-0.3, -0.25) is 4.98 Å². The lowest BCUT2D eigenvalue weighted by Gasteiger charge is -2.31. The number of rotatable bonds is 15. The van der Waals surface area contributed by atoms with Crippen molar-refractivity contribution in [3.05, 3.63) is 47.5 Å². The Morgan fingerprint density at radius 1 is 1.20 bits per heavy atom. The van der Waals surface area contributed by atoms with Gasteiger partial charge in [0, 0.05) is 49.3 Å². The van der Waals surface area contributed by atoms with E-state index in [2.05, 4.69) is 52.0 Å². The Morgan fingerprint density at radius 2 is 2.00 bits per heavy atom. The number of aromatic nitrogens is 6. The number of tetrazole rings is 1. The maximum Gasteiger partial charge on any atom is 0.510 e. The van der Waals surface area contributed by atoms with Gasteiger partial charge in [0.2, 0.25) is 12.1 Å². The summed E-state index contributed by atoms with van der Waals surface area (Å²) in [5.74, 6) is 1.78. The van der Waals surface area contributed by atoms with E-state index in [4.69, 9.17) is 28.9 Å².